The lowest BCUT2D eigenvalue weighted by atomic mass is 10.0. The number of nitrogens with zero attached hydrogens (tertiary/aromatic N) is 4. The smallest absolute Gasteiger partial charge is 0.163 e. The third kappa shape index (κ3) is 4.59. The molecule has 2 heterocycles. The fraction of sp³-hybridized carbons (Fsp3) is 0.167. The van der Waals surface area contributed by atoms with Crippen molar-refractivity contribution >= 4 is 22.6 Å². The monoisotopic (exact) mass is 427 g/mol. The molecule has 0 spiro atoms. The molecule has 8 heteroatoms. The van der Waals surface area contributed by atoms with E-state index in [-0.39, 0.29) is 6.61 Å². The van der Waals surface area contributed by atoms with Crippen LogP contribution in [0.1, 0.15) is 6.92 Å². The van der Waals surface area contributed by atoms with Crippen molar-refractivity contribution in [1.29, 1.82) is 0 Å². The van der Waals surface area contributed by atoms with E-state index >= 15 is 0 Å². The summed E-state index contributed by atoms with van der Waals surface area (Å²) < 4.78 is 5.85. The lowest BCUT2D eigenvalue weighted by Crippen LogP contribution is -2.30. The van der Waals surface area contributed by atoms with Crippen molar-refractivity contribution in [2.75, 3.05) is 25.5 Å². The van der Waals surface area contributed by atoms with Crippen LogP contribution in [-0.4, -0.2) is 41.0 Å². The number of rotatable bonds is 7. The Labute approximate surface area is 186 Å². The van der Waals surface area contributed by atoms with Crippen LogP contribution in [0.15, 0.2) is 72.1 Å². The average molecular weight is 428 g/mol. The lowest BCUT2D eigenvalue weighted by molar-refractivity contribution is 0.372. The maximum atomic E-state index is 5.85. The summed E-state index contributed by atoms with van der Waals surface area (Å²) in [6, 6.07) is 17.9. The molecule has 0 saturated carbocycles. The zero-order valence-corrected chi connectivity index (χ0v) is 18.0. The van der Waals surface area contributed by atoms with Gasteiger partial charge in [-0.25, -0.2) is 9.97 Å². The number of aromatic nitrogens is 3. The number of nitrogens with two attached hydrogens (primary N) is 1. The Morgan fingerprint density at radius 3 is 2.62 bits per heavy atom. The van der Waals surface area contributed by atoms with E-state index in [0.717, 1.165) is 45.7 Å². The lowest BCUT2D eigenvalue weighted by Gasteiger charge is -2.12. The van der Waals surface area contributed by atoms with Crippen LogP contribution in [-0.2, 0) is 0 Å². The topological polar surface area (TPSA) is 110 Å². The van der Waals surface area contributed by atoms with Crippen LogP contribution in [0, 0.1) is 0 Å². The van der Waals surface area contributed by atoms with Gasteiger partial charge in [0.05, 0.1) is 5.52 Å². The van der Waals surface area contributed by atoms with Gasteiger partial charge in [-0.05, 0) is 54.4 Å². The maximum Gasteiger partial charge on any atom is 0.163 e. The van der Waals surface area contributed by atoms with Gasteiger partial charge in [0.2, 0.25) is 0 Å². The van der Waals surface area contributed by atoms with Gasteiger partial charge in [-0.3, -0.25) is 4.98 Å². The van der Waals surface area contributed by atoms with Crippen LogP contribution in [0.25, 0.3) is 33.4 Å². The SMILES string of the molecule is CCN/C(COc1cccc(-c2ccc3nc(-c4cccnc4)nc(NC)c3c2)c1)=N\N. The third-order valence-electron chi connectivity index (χ3n) is 4.93. The minimum absolute atomic E-state index is 0.278. The quantitative estimate of drug-likeness (QED) is 0.179. The molecule has 0 amide bonds. The number of likely N-dealkylation sites (N-methyl/N-ethyl adjacent to an activating group) is 1. The highest BCUT2D eigenvalue weighted by Gasteiger charge is 2.11. The third-order valence-corrected chi connectivity index (χ3v) is 4.93. The number of hydrazone groups is 1. The van der Waals surface area contributed by atoms with Gasteiger partial charge in [0, 0.05) is 36.9 Å². The van der Waals surface area contributed by atoms with Gasteiger partial charge in [0.15, 0.2) is 11.7 Å². The van der Waals surface area contributed by atoms with Crippen molar-refractivity contribution in [1.82, 2.24) is 20.3 Å². The minimum atomic E-state index is 0.278. The maximum absolute atomic E-state index is 5.85. The van der Waals surface area contributed by atoms with Gasteiger partial charge < -0.3 is 21.2 Å². The van der Waals surface area contributed by atoms with Crippen LogP contribution >= 0.6 is 0 Å². The second-order valence-electron chi connectivity index (χ2n) is 7.04. The highest BCUT2D eigenvalue weighted by Crippen LogP contribution is 2.30. The molecule has 0 fully saturated rings. The van der Waals surface area contributed by atoms with Crippen molar-refractivity contribution in [3.63, 3.8) is 0 Å². The predicted octanol–water partition coefficient (Wildman–Crippen LogP) is 3.66. The normalized spacial score (nSPS) is 11.4. The first-order valence-electron chi connectivity index (χ1n) is 10.4. The van der Waals surface area contributed by atoms with E-state index in [1.54, 1.807) is 12.4 Å². The molecule has 0 aliphatic heterocycles. The second kappa shape index (κ2) is 9.74. The molecule has 4 rings (SSSR count). The molecule has 0 unspecified atom stereocenters. The van der Waals surface area contributed by atoms with Crippen LogP contribution in [0.3, 0.4) is 0 Å². The van der Waals surface area contributed by atoms with E-state index in [2.05, 4.69) is 26.8 Å². The van der Waals surface area contributed by atoms with E-state index in [4.69, 9.17) is 20.5 Å². The number of benzene rings is 2. The summed E-state index contributed by atoms with van der Waals surface area (Å²) in [5, 5.41) is 10.9. The van der Waals surface area contributed by atoms with Gasteiger partial charge in [0.1, 0.15) is 18.2 Å². The molecule has 0 bridgehead atoms. The van der Waals surface area contributed by atoms with Crippen LogP contribution in [0.5, 0.6) is 5.75 Å². The number of fused-ring (bicyclic) bond motifs is 1. The summed E-state index contributed by atoms with van der Waals surface area (Å²) in [5.41, 5.74) is 3.79. The molecule has 8 nitrogen and oxygen atoms in total. The molecule has 0 aliphatic rings. The van der Waals surface area contributed by atoms with Gasteiger partial charge in [-0.15, -0.1) is 0 Å². The summed E-state index contributed by atoms with van der Waals surface area (Å²) in [4.78, 5) is 13.6. The fourth-order valence-electron chi connectivity index (χ4n) is 3.38. The summed E-state index contributed by atoms with van der Waals surface area (Å²) >= 11 is 0. The molecule has 162 valence electrons. The number of pyridine rings is 1. The molecule has 32 heavy (non-hydrogen) atoms. The highest BCUT2D eigenvalue weighted by atomic mass is 16.5. The van der Waals surface area contributed by atoms with Crippen molar-refractivity contribution in [3.8, 4) is 28.3 Å². The van der Waals surface area contributed by atoms with Crippen molar-refractivity contribution in [3.05, 3.63) is 67.0 Å². The molecule has 0 saturated heterocycles. The van der Waals surface area contributed by atoms with Gasteiger partial charge in [0.25, 0.3) is 0 Å². The second-order valence-corrected chi connectivity index (χ2v) is 7.04. The number of ether oxygens (including phenoxy) is 1. The standard InChI is InChI=1S/C24H25N7O/c1-3-28-22(31-25)15-32-19-8-4-6-16(12-19)17-9-10-21-20(13-17)24(26-2)30-23(29-21)18-7-5-11-27-14-18/h4-14H,3,15,25H2,1-2H3,(H,28,31)(H,26,29,30). The van der Waals surface area contributed by atoms with E-state index < -0.39 is 0 Å². The Kier molecular flexibility index (Phi) is 6.41. The van der Waals surface area contributed by atoms with Crippen LogP contribution in [0.4, 0.5) is 5.82 Å². The molecule has 4 N–H and O–H groups in total. The van der Waals surface area contributed by atoms with Crippen molar-refractivity contribution in [2.45, 2.75) is 6.92 Å². The summed E-state index contributed by atoms with van der Waals surface area (Å²) in [5.74, 6) is 8.13. The molecule has 0 aliphatic carbocycles. The number of amidine groups is 1. The first kappa shape index (κ1) is 21.0. The van der Waals surface area contributed by atoms with Crippen LogP contribution in [0.2, 0.25) is 0 Å². The molecule has 2 aromatic carbocycles. The Morgan fingerprint density at radius 2 is 1.88 bits per heavy atom. The van der Waals surface area contributed by atoms with E-state index in [1.807, 2.05) is 62.5 Å². The summed E-state index contributed by atoms with van der Waals surface area (Å²) in [7, 11) is 1.86. The molecular weight excluding hydrogens is 402 g/mol. The number of nitrogens with one attached hydrogen (secondary N) is 2. The van der Waals surface area contributed by atoms with Gasteiger partial charge >= 0.3 is 0 Å². The fourth-order valence-corrected chi connectivity index (χ4v) is 3.38. The molecule has 2 aromatic heterocycles. The van der Waals surface area contributed by atoms with Gasteiger partial charge in [-0.1, -0.05) is 18.2 Å². The molecule has 0 radical (unpaired) electrons. The minimum Gasteiger partial charge on any atom is -0.486 e. The number of hydrogen-bond donors (Lipinski definition) is 3. The molecule has 4 aromatic rings. The van der Waals surface area contributed by atoms with Crippen molar-refractivity contribution < 1.29 is 4.74 Å². The van der Waals surface area contributed by atoms with Crippen molar-refractivity contribution in [2.24, 2.45) is 10.9 Å². The summed E-state index contributed by atoms with van der Waals surface area (Å²) in [6.07, 6.45) is 3.49. The van der Waals surface area contributed by atoms with Crippen LogP contribution < -0.4 is 21.2 Å². The average Bonchev–Trinajstić information content (AvgIpc) is 2.86. The number of hydrogen-bond acceptors (Lipinski definition) is 7. The van der Waals surface area contributed by atoms with E-state index in [9.17, 15) is 0 Å². The Morgan fingerprint density at radius 1 is 1.03 bits per heavy atom. The first-order chi connectivity index (χ1) is 15.7. The Hall–Kier alpha value is -4.20. The zero-order chi connectivity index (χ0) is 22.3. The first-order valence-corrected chi connectivity index (χ1v) is 10.4. The molecular formula is C24H25N7O. The summed E-state index contributed by atoms with van der Waals surface area (Å²) in [6.45, 7) is 2.99. The Balaban J connectivity index is 1.65. The largest absolute Gasteiger partial charge is 0.486 e. The predicted molar refractivity (Wildman–Crippen MR) is 129 cm³/mol. The highest BCUT2D eigenvalue weighted by molar-refractivity contribution is 5.94. The van der Waals surface area contributed by atoms with E-state index in [1.165, 1.54) is 0 Å². The zero-order valence-electron chi connectivity index (χ0n) is 18.0. The number of anilines is 1. The Bertz CT molecular complexity index is 1240. The molecule has 0 atom stereocenters. The van der Waals surface area contributed by atoms with Gasteiger partial charge in [-0.2, -0.15) is 5.10 Å². The van der Waals surface area contributed by atoms with E-state index in [0.29, 0.717) is 11.7 Å².